The van der Waals surface area contributed by atoms with Crippen molar-refractivity contribution in [2.24, 2.45) is 22.9 Å². The van der Waals surface area contributed by atoms with E-state index in [4.69, 9.17) is 19.0 Å². The summed E-state index contributed by atoms with van der Waals surface area (Å²) < 4.78 is 20.6. The monoisotopic (exact) mass is 786 g/mol. The van der Waals surface area contributed by atoms with E-state index in [1.54, 1.807) is 24.3 Å². The molecule has 1 saturated carbocycles. The molecular formula is C44H58N4O9. The largest absolute Gasteiger partial charge is 0.492 e. The summed E-state index contributed by atoms with van der Waals surface area (Å²) >= 11 is 0. The van der Waals surface area contributed by atoms with Gasteiger partial charge in [0.25, 0.3) is 5.69 Å². The average molecular weight is 787 g/mol. The van der Waals surface area contributed by atoms with Crippen molar-refractivity contribution in [3.63, 3.8) is 0 Å². The summed E-state index contributed by atoms with van der Waals surface area (Å²) in [6, 6.07) is 11.4. The van der Waals surface area contributed by atoms with E-state index in [1.165, 1.54) is 25.3 Å². The number of amides is 1. The number of nitrogens with zero attached hydrogens (tertiary/aromatic N) is 4. The SMILES string of the molecule is C=CCOC12Oc3ccc(OCCN4CC4)cc3C3C(CCCCO)C(CCCCO)C=C(C(=NOC)CC1N(CCC)C(=O)C=Cc1ccc([N+](=O)[O-])cc1)C32. The van der Waals surface area contributed by atoms with E-state index in [9.17, 15) is 25.1 Å². The van der Waals surface area contributed by atoms with Crippen LogP contribution in [0.25, 0.3) is 6.08 Å². The van der Waals surface area contributed by atoms with E-state index < -0.39 is 22.7 Å². The van der Waals surface area contributed by atoms with Crippen LogP contribution >= 0.6 is 0 Å². The molecule has 6 rings (SSSR count). The van der Waals surface area contributed by atoms with E-state index in [-0.39, 0.29) is 49.2 Å². The Hall–Kier alpha value is -4.56. The summed E-state index contributed by atoms with van der Waals surface area (Å²) in [5, 5.41) is 35.6. The number of ether oxygens (including phenoxy) is 3. The number of hydrogen-bond donors (Lipinski definition) is 2. The predicted molar refractivity (Wildman–Crippen MR) is 218 cm³/mol. The number of non-ortho nitro benzene ring substituents is 1. The van der Waals surface area contributed by atoms with E-state index in [2.05, 4.69) is 28.8 Å². The van der Waals surface area contributed by atoms with Gasteiger partial charge in [0.2, 0.25) is 11.7 Å². The molecule has 0 radical (unpaired) electrons. The number of carbonyl (C=O) groups is 1. The number of rotatable bonds is 22. The molecular weight excluding hydrogens is 729 g/mol. The molecule has 6 atom stereocenters. The second-order valence-corrected chi connectivity index (χ2v) is 15.4. The maximum atomic E-state index is 14.5. The highest BCUT2D eigenvalue weighted by Crippen LogP contribution is 2.62. The molecule has 0 bridgehead atoms. The molecule has 1 saturated heterocycles. The van der Waals surface area contributed by atoms with Crippen molar-refractivity contribution in [1.82, 2.24) is 9.80 Å². The molecule has 2 aromatic rings. The lowest BCUT2D eigenvalue weighted by molar-refractivity contribution is -0.384. The molecule has 2 fully saturated rings. The number of hydrogen-bond acceptors (Lipinski definition) is 11. The molecule has 57 heavy (non-hydrogen) atoms. The highest BCUT2D eigenvalue weighted by molar-refractivity contribution is 6.03. The van der Waals surface area contributed by atoms with Gasteiger partial charge in [-0.3, -0.25) is 19.8 Å². The summed E-state index contributed by atoms with van der Waals surface area (Å²) in [5.74, 6) is -0.519. The van der Waals surface area contributed by atoms with Gasteiger partial charge in [0, 0.05) is 75.5 Å². The lowest BCUT2D eigenvalue weighted by Gasteiger charge is -2.60. The van der Waals surface area contributed by atoms with Crippen molar-refractivity contribution in [2.45, 2.75) is 76.0 Å². The first-order valence-corrected chi connectivity index (χ1v) is 20.5. The maximum Gasteiger partial charge on any atom is 0.269 e. The molecule has 2 aliphatic heterocycles. The summed E-state index contributed by atoms with van der Waals surface area (Å²) in [7, 11) is 1.53. The number of allylic oxidation sites excluding steroid dienone is 1. The minimum Gasteiger partial charge on any atom is -0.492 e. The van der Waals surface area contributed by atoms with Gasteiger partial charge in [-0.05, 0) is 91.5 Å². The molecule has 0 spiro atoms. The Kier molecular flexibility index (Phi) is 14.6. The molecule has 13 heteroatoms. The Morgan fingerprint density at radius 3 is 2.54 bits per heavy atom. The predicted octanol–water partition coefficient (Wildman–Crippen LogP) is 6.50. The number of unbranched alkanes of at least 4 members (excludes halogenated alkanes) is 2. The third kappa shape index (κ3) is 9.60. The first-order valence-electron chi connectivity index (χ1n) is 20.5. The zero-order chi connectivity index (χ0) is 40.4. The maximum absolute atomic E-state index is 14.5. The molecule has 6 unspecified atom stereocenters. The number of nitro groups is 1. The number of aliphatic hydroxyl groups is 2. The van der Waals surface area contributed by atoms with Crippen molar-refractivity contribution >= 4 is 23.4 Å². The van der Waals surface area contributed by atoms with Gasteiger partial charge in [0.1, 0.15) is 31.3 Å². The third-order valence-electron chi connectivity index (χ3n) is 11.7. The van der Waals surface area contributed by atoms with Crippen LogP contribution in [0.5, 0.6) is 11.5 Å². The fraction of sp³-hybridized carbons (Fsp3) is 0.545. The van der Waals surface area contributed by atoms with Crippen LogP contribution < -0.4 is 9.47 Å². The quantitative estimate of drug-likeness (QED) is 0.0337. The molecule has 2 aliphatic carbocycles. The Balaban J connectivity index is 1.50. The van der Waals surface area contributed by atoms with Crippen LogP contribution in [0.1, 0.15) is 75.3 Å². The summed E-state index contributed by atoms with van der Waals surface area (Å²) in [6.07, 6.45) is 12.9. The molecule has 0 aromatic heterocycles. The van der Waals surface area contributed by atoms with E-state index in [0.29, 0.717) is 50.1 Å². The Labute approximate surface area is 335 Å². The minimum absolute atomic E-state index is 0.0274. The van der Waals surface area contributed by atoms with E-state index in [1.807, 2.05) is 24.0 Å². The van der Waals surface area contributed by atoms with Crippen molar-refractivity contribution in [1.29, 1.82) is 0 Å². The van der Waals surface area contributed by atoms with Crippen LogP contribution in [0.15, 0.2) is 78.0 Å². The van der Waals surface area contributed by atoms with Crippen LogP contribution in [-0.4, -0.2) is 108 Å². The summed E-state index contributed by atoms with van der Waals surface area (Å²) in [4.78, 5) is 35.0. The number of aliphatic hydroxyl groups excluding tert-OH is 2. The van der Waals surface area contributed by atoms with Crippen molar-refractivity contribution in [3.05, 3.63) is 94.1 Å². The number of carbonyl (C=O) groups excluding carboxylic acids is 1. The van der Waals surface area contributed by atoms with Crippen molar-refractivity contribution < 1.29 is 39.0 Å². The molecule has 1 amide bonds. The average Bonchev–Trinajstić information content (AvgIpc) is 4.05. The van der Waals surface area contributed by atoms with E-state index >= 15 is 0 Å². The second kappa shape index (κ2) is 19.7. The van der Waals surface area contributed by atoms with Crippen LogP contribution in [0.2, 0.25) is 0 Å². The van der Waals surface area contributed by atoms with Crippen LogP contribution in [0, 0.1) is 27.9 Å². The number of oxime groups is 1. The van der Waals surface area contributed by atoms with Gasteiger partial charge in [-0.2, -0.15) is 0 Å². The van der Waals surface area contributed by atoms with Gasteiger partial charge in [0.15, 0.2) is 0 Å². The molecule has 4 aliphatic rings. The van der Waals surface area contributed by atoms with Crippen LogP contribution in [0.4, 0.5) is 5.69 Å². The Bertz CT molecular complexity index is 1790. The smallest absolute Gasteiger partial charge is 0.269 e. The van der Waals surface area contributed by atoms with Gasteiger partial charge in [-0.15, -0.1) is 6.58 Å². The zero-order valence-electron chi connectivity index (χ0n) is 33.3. The van der Waals surface area contributed by atoms with Gasteiger partial charge in [0.05, 0.1) is 23.2 Å². The normalized spacial score (nSPS) is 25.6. The standard InChI is InChI=1S/C44H58N4O9/c1-4-20-47(41(51)19-14-31-12-15-33(16-13-31)48(52)53)40-30-38(45-54-3)36-28-32(10-6-8-24-49)35(11-7-9-25-50)42-37-29-34(55-27-23-46-21-22-46)17-18-39(37)57-44(40,43(36)42)56-26-5-2/h5,12-19,28-29,32,35,40,42-43,49-50H,2,4,6-11,20-27,30H2,1,3H3. The van der Waals surface area contributed by atoms with E-state index in [0.717, 1.165) is 67.9 Å². The third-order valence-corrected chi connectivity index (χ3v) is 11.7. The number of nitro benzene ring substituents is 1. The molecule has 2 N–H and O–H groups in total. The second-order valence-electron chi connectivity index (χ2n) is 15.4. The Morgan fingerprint density at radius 1 is 1.12 bits per heavy atom. The Morgan fingerprint density at radius 2 is 1.88 bits per heavy atom. The van der Waals surface area contributed by atoms with Gasteiger partial charge >= 0.3 is 0 Å². The fourth-order valence-electron chi connectivity index (χ4n) is 9.07. The number of fused-ring (bicyclic) bond motifs is 2. The minimum atomic E-state index is -1.36. The van der Waals surface area contributed by atoms with Crippen LogP contribution in [-0.2, 0) is 14.4 Å². The topological polar surface area (TPSA) is 156 Å². The summed E-state index contributed by atoms with van der Waals surface area (Å²) in [6.45, 7) is 10.4. The molecule has 2 aromatic carbocycles. The fourth-order valence-corrected chi connectivity index (χ4v) is 9.07. The van der Waals surface area contributed by atoms with Crippen molar-refractivity contribution in [3.8, 4) is 11.5 Å². The van der Waals surface area contributed by atoms with Gasteiger partial charge in [-0.25, -0.2) is 0 Å². The molecule has 308 valence electrons. The van der Waals surface area contributed by atoms with Crippen molar-refractivity contribution in [2.75, 3.05) is 59.7 Å². The highest BCUT2D eigenvalue weighted by atomic mass is 16.7. The number of benzene rings is 2. The van der Waals surface area contributed by atoms with Crippen LogP contribution in [0.3, 0.4) is 0 Å². The van der Waals surface area contributed by atoms with Gasteiger partial charge in [-0.1, -0.05) is 37.1 Å². The molecule has 13 nitrogen and oxygen atoms in total. The molecule has 2 heterocycles. The lowest BCUT2D eigenvalue weighted by Crippen LogP contribution is -2.70. The van der Waals surface area contributed by atoms with Gasteiger partial charge < -0.3 is 34.2 Å². The highest BCUT2D eigenvalue weighted by Gasteiger charge is 2.65. The lowest BCUT2D eigenvalue weighted by atomic mass is 9.55. The first-order chi connectivity index (χ1) is 27.8. The first kappa shape index (κ1) is 42.1. The zero-order valence-corrected chi connectivity index (χ0v) is 33.3. The summed E-state index contributed by atoms with van der Waals surface area (Å²) in [5.41, 5.74) is 3.33.